The second-order valence-corrected chi connectivity index (χ2v) is 6.48. The molecule has 1 aromatic rings. The van der Waals surface area contributed by atoms with Crippen molar-refractivity contribution in [3.8, 4) is 0 Å². The minimum Gasteiger partial charge on any atom is -0.378 e. The van der Waals surface area contributed by atoms with Crippen molar-refractivity contribution < 1.29 is 22.7 Å². The number of benzene rings is 1. The number of carbonyl (C=O) groups excluding carboxylic acids is 1. The Balaban J connectivity index is 1.73. The number of piperidine rings is 1. The highest BCUT2D eigenvalue weighted by Gasteiger charge is 2.40. The molecular formula is C17H20F3NO2. The fourth-order valence-corrected chi connectivity index (χ4v) is 3.64. The number of carbonyl (C=O) groups is 1. The van der Waals surface area contributed by atoms with E-state index in [0.29, 0.717) is 26.1 Å². The summed E-state index contributed by atoms with van der Waals surface area (Å²) in [5, 5.41) is 0. The second kappa shape index (κ2) is 6.24. The van der Waals surface area contributed by atoms with E-state index in [-0.39, 0.29) is 35.8 Å². The fraction of sp³-hybridized carbons (Fsp3) is 0.588. The van der Waals surface area contributed by atoms with Crippen molar-refractivity contribution in [2.45, 2.75) is 37.5 Å². The molecule has 0 radical (unpaired) electrons. The largest absolute Gasteiger partial charge is 0.416 e. The van der Waals surface area contributed by atoms with Crippen LogP contribution in [-0.4, -0.2) is 43.0 Å². The summed E-state index contributed by atoms with van der Waals surface area (Å²) in [6.07, 6.45) is -3.24. The summed E-state index contributed by atoms with van der Waals surface area (Å²) in [5.41, 5.74) is -0.629. The van der Waals surface area contributed by atoms with Gasteiger partial charge in [-0.2, -0.15) is 13.2 Å². The molecule has 2 fully saturated rings. The number of halogens is 3. The van der Waals surface area contributed by atoms with Crippen molar-refractivity contribution in [2.75, 3.05) is 20.3 Å². The van der Waals surface area contributed by atoms with Crippen molar-refractivity contribution in [3.63, 3.8) is 0 Å². The Bertz CT molecular complexity index is 573. The van der Waals surface area contributed by atoms with E-state index >= 15 is 0 Å². The predicted molar refractivity (Wildman–Crippen MR) is 79.0 cm³/mol. The molecule has 1 aromatic carbocycles. The quantitative estimate of drug-likeness (QED) is 0.855. The molecule has 6 heteroatoms. The SMILES string of the molecule is CN1C2COCC1CC(C(=O)Cc1ccccc1C(F)(F)F)C2. The van der Waals surface area contributed by atoms with Crippen LogP contribution in [0.1, 0.15) is 24.0 Å². The van der Waals surface area contributed by atoms with E-state index in [9.17, 15) is 18.0 Å². The van der Waals surface area contributed by atoms with Gasteiger partial charge in [-0.25, -0.2) is 0 Å². The van der Waals surface area contributed by atoms with Crippen LogP contribution in [0.15, 0.2) is 24.3 Å². The summed E-state index contributed by atoms with van der Waals surface area (Å²) in [4.78, 5) is 14.8. The van der Waals surface area contributed by atoms with Gasteiger partial charge in [-0.05, 0) is 31.5 Å². The minimum atomic E-state index is -4.42. The number of nitrogens with zero attached hydrogens (tertiary/aromatic N) is 1. The molecule has 2 bridgehead atoms. The smallest absolute Gasteiger partial charge is 0.378 e. The Labute approximate surface area is 133 Å². The van der Waals surface area contributed by atoms with E-state index in [1.54, 1.807) is 6.07 Å². The molecule has 2 atom stereocenters. The van der Waals surface area contributed by atoms with E-state index in [1.807, 2.05) is 7.05 Å². The van der Waals surface area contributed by atoms with Crippen LogP contribution in [-0.2, 0) is 22.1 Å². The van der Waals surface area contributed by atoms with Gasteiger partial charge in [-0.3, -0.25) is 9.69 Å². The molecule has 0 saturated carbocycles. The number of morpholine rings is 1. The molecule has 0 N–H and O–H groups in total. The van der Waals surface area contributed by atoms with Crippen LogP contribution in [0.25, 0.3) is 0 Å². The lowest BCUT2D eigenvalue weighted by molar-refractivity contribution is -0.138. The molecule has 0 aliphatic carbocycles. The molecule has 2 aliphatic heterocycles. The number of hydrogen-bond acceptors (Lipinski definition) is 3. The maximum absolute atomic E-state index is 13.0. The fourth-order valence-electron chi connectivity index (χ4n) is 3.64. The summed E-state index contributed by atoms with van der Waals surface area (Å²) < 4.78 is 44.7. The van der Waals surface area contributed by atoms with Crippen LogP contribution in [0, 0.1) is 5.92 Å². The van der Waals surface area contributed by atoms with Gasteiger partial charge < -0.3 is 4.74 Å². The normalized spacial score (nSPS) is 28.6. The van der Waals surface area contributed by atoms with Crippen molar-refractivity contribution in [1.82, 2.24) is 4.90 Å². The first-order chi connectivity index (χ1) is 10.9. The standard InChI is InChI=1S/C17H20F3NO2/c1-21-13-6-12(7-14(21)10-23-9-13)16(22)8-11-4-2-3-5-15(11)17(18,19)20/h2-5,12-14H,6-10H2,1H3. The number of ketones is 1. The Hall–Kier alpha value is -1.40. The minimum absolute atomic E-state index is 0.0744. The molecule has 3 nitrogen and oxygen atoms in total. The van der Waals surface area contributed by atoms with Crippen LogP contribution in [0.3, 0.4) is 0 Å². The van der Waals surface area contributed by atoms with Crippen LogP contribution in [0.4, 0.5) is 13.2 Å². The molecule has 2 aliphatic rings. The number of fused-ring (bicyclic) bond motifs is 2. The summed E-state index contributed by atoms with van der Waals surface area (Å²) in [5.74, 6) is -0.266. The lowest BCUT2D eigenvalue weighted by atomic mass is 9.81. The lowest BCUT2D eigenvalue weighted by Gasteiger charge is -2.46. The lowest BCUT2D eigenvalue weighted by Crippen LogP contribution is -2.56. The zero-order chi connectivity index (χ0) is 16.6. The average molecular weight is 327 g/mol. The number of ether oxygens (including phenoxy) is 1. The van der Waals surface area contributed by atoms with Gasteiger partial charge in [-0.1, -0.05) is 18.2 Å². The van der Waals surface area contributed by atoms with Crippen LogP contribution < -0.4 is 0 Å². The highest BCUT2D eigenvalue weighted by molar-refractivity contribution is 5.83. The summed E-state index contributed by atoms with van der Waals surface area (Å²) >= 11 is 0. The van der Waals surface area contributed by atoms with Gasteiger partial charge >= 0.3 is 6.18 Å². The Morgan fingerprint density at radius 1 is 1.22 bits per heavy atom. The molecule has 0 aromatic heterocycles. The monoisotopic (exact) mass is 327 g/mol. The van der Waals surface area contributed by atoms with Crippen molar-refractivity contribution in [3.05, 3.63) is 35.4 Å². The van der Waals surface area contributed by atoms with Gasteiger partial charge in [0, 0.05) is 24.4 Å². The van der Waals surface area contributed by atoms with Gasteiger partial charge in [0.15, 0.2) is 0 Å². The van der Waals surface area contributed by atoms with Gasteiger partial charge in [0.1, 0.15) is 5.78 Å². The molecule has 2 heterocycles. The summed E-state index contributed by atoms with van der Waals surface area (Å²) in [6.45, 7) is 1.19. The first kappa shape index (κ1) is 16.5. The third kappa shape index (κ3) is 3.43. The number of hydrogen-bond donors (Lipinski definition) is 0. The average Bonchev–Trinajstić information content (AvgIpc) is 2.46. The van der Waals surface area contributed by atoms with Crippen LogP contribution >= 0.6 is 0 Å². The first-order valence-electron chi connectivity index (χ1n) is 7.83. The molecule has 0 spiro atoms. The van der Waals surface area contributed by atoms with Crippen LogP contribution in [0.5, 0.6) is 0 Å². The van der Waals surface area contributed by atoms with Gasteiger partial charge in [-0.15, -0.1) is 0 Å². The Morgan fingerprint density at radius 3 is 2.43 bits per heavy atom. The van der Waals surface area contributed by atoms with Crippen molar-refractivity contribution in [2.24, 2.45) is 5.92 Å². The third-order valence-electron chi connectivity index (χ3n) is 5.03. The molecule has 3 rings (SSSR count). The topological polar surface area (TPSA) is 29.5 Å². The van der Waals surface area contributed by atoms with Crippen molar-refractivity contribution in [1.29, 1.82) is 0 Å². The summed E-state index contributed by atoms with van der Waals surface area (Å²) in [7, 11) is 2.03. The van der Waals surface area contributed by atoms with Gasteiger partial charge in [0.25, 0.3) is 0 Å². The zero-order valence-electron chi connectivity index (χ0n) is 13.0. The van der Waals surface area contributed by atoms with E-state index < -0.39 is 11.7 Å². The van der Waals surface area contributed by atoms with Gasteiger partial charge in [0.05, 0.1) is 18.8 Å². The Kier molecular flexibility index (Phi) is 4.47. The molecule has 2 saturated heterocycles. The maximum atomic E-state index is 13.0. The molecular weight excluding hydrogens is 307 g/mol. The van der Waals surface area contributed by atoms with E-state index in [2.05, 4.69) is 4.90 Å². The maximum Gasteiger partial charge on any atom is 0.416 e. The molecule has 23 heavy (non-hydrogen) atoms. The number of alkyl halides is 3. The zero-order valence-corrected chi connectivity index (χ0v) is 13.0. The third-order valence-corrected chi connectivity index (χ3v) is 5.03. The van der Waals surface area contributed by atoms with Crippen molar-refractivity contribution >= 4 is 5.78 Å². The molecule has 126 valence electrons. The van der Waals surface area contributed by atoms with Crippen LogP contribution in [0.2, 0.25) is 0 Å². The Morgan fingerprint density at radius 2 is 1.83 bits per heavy atom. The summed E-state index contributed by atoms with van der Waals surface area (Å²) in [6, 6.07) is 5.73. The van der Waals surface area contributed by atoms with Gasteiger partial charge in [0.2, 0.25) is 0 Å². The number of likely N-dealkylation sites (N-methyl/N-ethyl adjacent to an activating group) is 1. The molecule has 0 amide bonds. The van der Waals surface area contributed by atoms with E-state index in [4.69, 9.17) is 4.74 Å². The first-order valence-corrected chi connectivity index (χ1v) is 7.83. The predicted octanol–water partition coefficient (Wildman–Crippen LogP) is 2.93. The number of rotatable bonds is 3. The highest BCUT2D eigenvalue weighted by atomic mass is 19.4. The highest BCUT2D eigenvalue weighted by Crippen LogP contribution is 2.34. The number of Topliss-reactive ketones (excluding diaryl/α,β-unsaturated/α-hetero) is 1. The van der Waals surface area contributed by atoms with E-state index in [0.717, 1.165) is 6.07 Å². The van der Waals surface area contributed by atoms with E-state index in [1.165, 1.54) is 12.1 Å². The second-order valence-electron chi connectivity index (χ2n) is 6.48. The molecule has 2 unspecified atom stereocenters.